The van der Waals surface area contributed by atoms with Gasteiger partial charge in [0.15, 0.2) is 0 Å². The van der Waals surface area contributed by atoms with Crippen molar-refractivity contribution in [1.82, 2.24) is 15.0 Å². The Morgan fingerprint density at radius 2 is 1.76 bits per heavy atom. The lowest BCUT2D eigenvalue weighted by Crippen LogP contribution is -2.45. The Labute approximate surface area is 167 Å². The van der Waals surface area contributed by atoms with Crippen LogP contribution < -0.4 is 16.2 Å². The van der Waals surface area contributed by atoms with Gasteiger partial charge in [-0.25, -0.2) is 4.98 Å². The van der Waals surface area contributed by atoms with Gasteiger partial charge in [0.1, 0.15) is 16.9 Å². The van der Waals surface area contributed by atoms with E-state index in [0.29, 0.717) is 22.6 Å². The van der Waals surface area contributed by atoms with Crippen LogP contribution in [-0.4, -0.2) is 40.2 Å². The summed E-state index contributed by atoms with van der Waals surface area (Å²) < 4.78 is 5.86. The van der Waals surface area contributed by atoms with Crippen molar-refractivity contribution in [2.45, 2.75) is 26.1 Å². The van der Waals surface area contributed by atoms with Crippen LogP contribution >= 0.6 is 0 Å². The van der Waals surface area contributed by atoms with E-state index in [1.54, 1.807) is 0 Å². The number of nitrogen functional groups attached to an aromatic ring is 1. The maximum atomic E-state index is 12.8. The number of nitrogens with one attached hydrogen (secondary N) is 2. The van der Waals surface area contributed by atoms with Crippen molar-refractivity contribution in [2.75, 3.05) is 23.7 Å². The van der Waals surface area contributed by atoms with Crippen molar-refractivity contribution >= 4 is 33.3 Å². The van der Waals surface area contributed by atoms with Gasteiger partial charge < -0.3 is 25.3 Å². The molecule has 1 saturated heterocycles. The summed E-state index contributed by atoms with van der Waals surface area (Å²) in [4.78, 5) is 26.1. The van der Waals surface area contributed by atoms with Crippen LogP contribution in [0.15, 0.2) is 47.3 Å². The highest BCUT2D eigenvalue weighted by Crippen LogP contribution is 2.32. The van der Waals surface area contributed by atoms with Gasteiger partial charge in [0.2, 0.25) is 0 Å². The van der Waals surface area contributed by atoms with Gasteiger partial charge in [-0.2, -0.15) is 0 Å². The van der Waals surface area contributed by atoms with Crippen LogP contribution in [0.25, 0.3) is 33.3 Å². The van der Waals surface area contributed by atoms with Gasteiger partial charge in [-0.15, -0.1) is 0 Å². The van der Waals surface area contributed by atoms with Crippen LogP contribution in [0.5, 0.6) is 0 Å². The van der Waals surface area contributed by atoms with Crippen molar-refractivity contribution in [3.8, 4) is 11.4 Å². The summed E-state index contributed by atoms with van der Waals surface area (Å²) in [5.74, 6) is 0.478. The lowest BCUT2D eigenvalue weighted by Gasteiger charge is -2.36. The molecule has 2 unspecified atom stereocenters. The van der Waals surface area contributed by atoms with Crippen molar-refractivity contribution in [2.24, 2.45) is 0 Å². The number of morpholine rings is 1. The molecule has 2 aromatic carbocycles. The molecule has 0 spiro atoms. The Morgan fingerprint density at radius 1 is 1.03 bits per heavy atom. The summed E-state index contributed by atoms with van der Waals surface area (Å²) in [5, 5.41) is 0.804. The van der Waals surface area contributed by atoms with Crippen LogP contribution in [-0.2, 0) is 4.74 Å². The third kappa shape index (κ3) is 2.94. The van der Waals surface area contributed by atoms with Crippen molar-refractivity contribution in [3.05, 3.63) is 52.8 Å². The van der Waals surface area contributed by atoms with Crippen LogP contribution in [0, 0.1) is 0 Å². The molecule has 148 valence electrons. The Balaban J connectivity index is 1.67. The molecule has 3 heterocycles. The summed E-state index contributed by atoms with van der Waals surface area (Å²) >= 11 is 0. The molecule has 5 rings (SSSR count). The minimum atomic E-state index is -0.254. The molecule has 0 aliphatic carbocycles. The maximum Gasteiger partial charge on any atom is 0.261 e. The fourth-order valence-electron chi connectivity index (χ4n) is 4.27. The predicted octanol–water partition coefficient (Wildman–Crippen LogP) is 3.27. The third-order valence-electron chi connectivity index (χ3n) is 5.45. The number of nitrogens with zero attached hydrogens (tertiary/aromatic N) is 2. The van der Waals surface area contributed by atoms with E-state index in [-0.39, 0.29) is 17.8 Å². The highest BCUT2D eigenvalue weighted by atomic mass is 16.5. The number of pyridine rings is 1. The normalized spacial score (nSPS) is 19.9. The SMILES string of the molecule is CC1CN(c2cccc3[nH]c(-c4c(N)c5ccccc5[nH]c4=O)nc23)CC(C)O1. The number of ether oxygens (including phenoxy) is 1. The van der Waals surface area contributed by atoms with Crippen LogP contribution in [0.4, 0.5) is 11.4 Å². The van der Waals surface area contributed by atoms with E-state index < -0.39 is 0 Å². The van der Waals surface area contributed by atoms with Crippen LogP contribution in [0.2, 0.25) is 0 Å². The minimum Gasteiger partial charge on any atom is -0.397 e. The summed E-state index contributed by atoms with van der Waals surface area (Å²) in [6.07, 6.45) is 0.290. The largest absolute Gasteiger partial charge is 0.397 e. The molecule has 1 aliphatic rings. The predicted molar refractivity (Wildman–Crippen MR) is 116 cm³/mol. The second-order valence-electron chi connectivity index (χ2n) is 7.71. The summed E-state index contributed by atoms with van der Waals surface area (Å²) in [6.45, 7) is 5.75. The first-order valence-electron chi connectivity index (χ1n) is 9.81. The fraction of sp³-hybridized carbons (Fsp3) is 0.273. The average Bonchev–Trinajstić information content (AvgIpc) is 3.11. The molecule has 0 bridgehead atoms. The lowest BCUT2D eigenvalue weighted by atomic mass is 10.1. The number of imidazole rings is 1. The first-order valence-corrected chi connectivity index (χ1v) is 9.81. The number of anilines is 2. The zero-order valence-electron chi connectivity index (χ0n) is 16.4. The molecular formula is C22H23N5O2. The molecule has 1 fully saturated rings. The zero-order valence-corrected chi connectivity index (χ0v) is 16.4. The van der Waals surface area contributed by atoms with Gasteiger partial charge in [0.05, 0.1) is 34.6 Å². The van der Waals surface area contributed by atoms with Crippen molar-refractivity contribution in [1.29, 1.82) is 0 Å². The van der Waals surface area contributed by atoms with Crippen molar-refractivity contribution in [3.63, 3.8) is 0 Å². The van der Waals surface area contributed by atoms with Gasteiger partial charge in [-0.1, -0.05) is 24.3 Å². The molecule has 0 saturated carbocycles. The van der Waals surface area contributed by atoms with E-state index >= 15 is 0 Å². The molecule has 2 aromatic heterocycles. The number of hydrogen-bond acceptors (Lipinski definition) is 5. The Bertz CT molecular complexity index is 1270. The number of H-pyrrole nitrogens is 2. The van der Waals surface area contributed by atoms with Gasteiger partial charge in [-0.05, 0) is 32.0 Å². The number of hydrogen-bond donors (Lipinski definition) is 3. The molecule has 1 aliphatic heterocycles. The zero-order chi connectivity index (χ0) is 20.1. The number of para-hydroxylation sites is 2. The maximum absolute atomic E-state index is 12.8. The number of benzene rings is 2. The minimum absolute atomic E-state index is 0.145. The number of nitrogens with two attached hydrogens (primary N) is 1. The first-order chi connectivity index (χ1) is 14.0. The third-order valence-corrected chi connectivity index (χ3v) is 5.45. The monoisotopic (exact) mass is 389 g/mol. The standard InChI is InChI=1S/C22H23N5O2/c1-12-10-27(11-13(2)29-12)17-9-5-8-16-20(17)26-21(24-16)18-19(23)14-6-3-4-7-15(14)25-22(18)28/h3-9,12-13H,10-11H2,1-2H3,(H,24,26)(H3,23,25,28). The van der Waals surface area contributed by atoms with Gasteiger partial charge in [0, 0.05) is 18.5 Å². The number of rotatable bonds is 2. The van der Waals surface area contributed by atoms with Crippen molar-refractivity contribution < 1.29 is 4.74 Å². The van der Waals surface area contributed by atoms with Gasteiger partial charge >= 0.3 is 0 Å². The molecule has 0 amide bonds. The number of fused-ring (bicyclic) bond motifs is 2. The average molecular weight is 389 g/mol. The fourth-order valence-corrected chi connectivity index (χ4v) is 4.27. The van der Waals surface area contributed by atoms with E-state index in [0.717, 1.165) is 35.2 Å². The highest BCUT2D eigenvalue weighted by molar-refractivity contribution is 5.98. The molecule has 7 nitrogen and oxygen atoms in total. The van der Waals surface area contributed by atoms with E-state index in [2.05, 4.69) is 34.8 Å². The second kappa shape index (κ2) is 6.63. The topological polar surface area (TPSA) is 100 Å². The lowest BCUT2D eigenvalue weighted by molar-refractivity contribution is -0.00514. The van der Waals surface area contributed by atoms with E-state index in [4.69, 9.17) is 15.5 Å². The molecular weight excluding hydrogens is 366 g/mol. The van der Waals surface area contributed by atoms with Gasteiger partial charge in [-0.3, -0.25) is 4.79 Å². The molecule has 4 aromatic rings. The van der Waals surface area contributed by atoms with E-state index in [1.807, 2.05) is 36.4 Å². The number of aromatic nitrogens is 3. The quantitative estimate of drug-likeness (QED) is 0.489. The Hall–Kier alpha value is -3.32. The Kier molecular flexibility index (Phi) is 4.06. The molecule has 2 atom stereocenters. The highest BCUT2D eigenvalue weighted by Gasteiger charge is 2.25. The van der Waals surface area contributed by atoms with Gasteiger partial charge in [0.25, 0.3) is 5.56 Å². The van der Waals surface area contributed by atoms with Crippen LogP contribution in [0.3, 0.4) is 0 Å². The molecule has 0 radical (unpaired) electrons. The first kappa shape index (κ1) is 17.8. The van der Waals surface area contributed by atoms with E-state index in [1.165, 1.54) is 0 Å². The molecule has 29 heavy (non-hydrogen) atoms. The van der Waals surface area contributed by atoms with E-state index in [9.17, 15) is 4.79 Å². The number of aromatic amines is 2. The Morgan fingerprint density at radius 3 is 2.55 bits per heavy atom. The summed E-state index contributed by atoms with van der Waals surface area (Å²) in [6, 6.07) is 13.5. The summed E-state index contributed by atoms with van der Waals surface area (Å²) in [5.41, 5.74) is 10.4. The second-order valence-corrected chi connectivity index (χ2v) is 7.71. The molecule has 4 N–H and O–H groups in total. The molecule has 7 heteroatoms. The van der Waals surface area contributed by atoms with Crippen LogP contribution in [0.1, 0.15) is 13.8 Å². The smallest absolute Gasteiger partial charge is 0.261 e. The summed E-state index contributed by atoms with van der Waals surface area (Å²) in [7, 11) is 0.